The Hall–Kier alpha value is -0.570. The molecule has 15 heavy (non-hydrogen) atoms. The van der Waals surface area contributed by atoms with Crippen LogP contribution >= 0.6 is 0 Å². The first-order valence-electron chi connectivity index (χ1n) is 6.19. The molecule has 0 saturated heterocycles. The SMILES string of the molecule is CC(NC(=O)C1(CN)CCCC1)C1CC1. The summed E-state index contributed by atoms with van der Waals surface area (Å²) in [5.74, 6) is 0.937. The summed E-state index contributed by atoms with van der Waals surface area (Å²) in [5.41, 5.74) is 5.54. The van der Waals surface area contributed by atoms with Gasteiger partial charge in [0.05, 0.1) is 5.41 Å². The topological polar surface area (TPSA) is 55.1 Å². The highest BCUT2D eigenvalue weighted by Crippen LogP contribution is 2.38. The van der Waals surface area contributed by atoms with Gasteiger partial charge >= 0.3 is 0 Å². The second kappa shape index (κ2) is 4.12. The van der Waals surface area contributed by atoms with Gasteiger partial charge in [-0.3, -0.25) is 4.79 Å². The lowest BCUT2D eigenvalue weighted by Gasteiger charge is -2.27. The first kappa shape index (κ1) is 10.9. The van der Waals surface area contributed by atoms with Crippen LogP contribution in [0.15, 0.2) is 0 Å². The van der Waals surface area contributed by atoms with Crippen molar-refractivity contribution in [3.05, 3.63) is 0 Å². The van der Waals surface area contributed by atoms with Gasteiger partial charge in [0.1, 0.15) is 0 Å². The summed E-state index contributed by atoms with van der Waals surface area (Å²) >= 11 is 0. The van der Waals surface area contributed by atoms with Gasteiger partial charge in [-0.1, -0.05) is 12.8 Å². The Morgan fingerprint density at radius 1 is 1.47 bits per heavy atom. The minimum Gasteiger partial charge on any atom is -0.353 e. The third-order valence-corrected chi connectivity index (χ3v) is 4.12. The summed E-state index contributed by atoms with van der Waals surface area (Å²) < 4.78 is 0. The van der Waals surface area contributed by atoms with Crippen LogP contribution in [0.25, 0.3) is 0 Å². The lowest BCUT2D eigenvalue weighted by atomic mass is 9.85. The van der Waals surface area contributed by atoms with E-state index >= 15 is 0 Å². The largest absolute Gasteiger partial charge is 0.353 e. The Balaban J connectivity index is 1.92. The standard InChI is InChI=1S/C12H22N2O/c1-9(10-4-5-10)14-11(15)12(8-13)6-2-3-7-12/h9-10H,2-8,13H2,1H3,(H,14,15). The van der Waals surface area contributed by atoms with Crippen LogP contribution in [0.2, 0.25) is 0 Å². The van der Waals surface area contributed by atoms with Crippen molar-refractivity contribution in [2.45, 2.75) is 51.5 Å². The minimum atomic E-state index is -0.233. The Morgan fingerprint density at radius 2 is 2.07 bits per heavy atom. The van der Waals surface area contributed by atoms with Crippen molar-refractivity contribution in [3.63, 3.8) is 0 Å². The zero-order chi connectivity index (χ0) is 10.9. The highest BCUT2D eigenvalue weighted by molar-refractivity contribution is 5.83. The van der Waals surface area contributed by atoms with Gasteiger partial charge in [0.25, 0.3) is 0 Å². The molecule has 0 aromatic carbocycles. The number of hydrogen-bond acceptors (Lipinski definition) is 2. The monoisotopic (exact) mass is 210 g/mol. The van der Waals surface area contributed by atoms with Gasteiger partial charge in [-0.25, -0.2) is 0 Å². The summed E-state index contributed by atoms with van der Waals surface area (Å²) in [6, 6.07) is 0.349. The summed E-state index contributed by atoms with van der Waals surface area (Å²) in [4.78, 5) is 12.1. The van der Waals surface area contributed by atoms with E-state index in [1.165, 1.54) is 12.8 Å². The predicted octanol–water partition coefficient (Wildman–Crippen LogP) is 1.42. The second-order valence-electron chi connectivity index (χ2n) is 5.29. The van der Waals surface area contributed by atoms with Crippen molar-refractivity contribution in [1.29, 1.82) is 0 Å². The van der Waals surface area contributed by atoms with Crippen molar-refractivity contribution in [1.82, 2.24) is 5.32 Å². The smallest absolute Gasteiger partial charge is 0.227 e. The average Bonchev–Trinajstić information content (AvgIpc) is 2.96. The molecular weight excluding hydrogens is 188 g/mol. The molecule has 0 spiro atoms. The van der Waals surface area contributed by atoms with E-state index in [2.05, 4.69) is 12.2 Å². The molecular formula is C12H22N2O. The lowest BCUT2D eigenvalue weighted by Crippen LogP contribution is -2.47. The molecule has 2 saturated carbocycles. The molecule has 86 valence electrons. The van der Waals surface area contributed by atoms with Gasteiger partial charge < -0.3 is 11.1 Å². The molecule has 1 amide bonds. The number of nitrogens with two attached hydrogens (primary N) is 1. The van der Waals surface area contributed by atoms with E-state index in [1.807, 2.05) is 0 Å². The molecule has 2 aliphatic rings. The third-order valence-electron chi connectivity index (χ3n) is 4.12. The summed E-state index contributed by atoms with van der Waals surface area (Å²) in [6.45, 7) is 2.63. The Kier molecular flexibility index (Phi) is 3.01. The molecule has 0 aliphatic heterocycles. The predicted molar refractivity (Wildman–Crippen MR) is 60.3 cm³/mol. The zero-order valence-corrected chi connectivity index (χ0v) is 9.59. The Labute approximate surface area is 91.8 Å². The molecule has 2 rings (SSSR count). The molecule has 3 N–H and O–H groups in total. The van der Waals surface area contributed by atoms with Gasteiger partial charge in [0, 0.05) is 12.6 Å². The number of hydrogen-bond donors (Lipinski definition) is 2. The third kappa shape index (κ3) is 2.17. The van der Waals surface area contributed by atoms with Crippen LogP contribution in [0, 0.1) is 11.3 Å². The van der Waals surface area contributed by atoms with E-state index in [0.29, 0.717) is 12.6 Å². The quantitative estimate of drug-likeness (QED) is 0.737. The summed E-state index contributed by atoms with van der Waals surface area (Å²) in [7, 11) is 0. The van der Waals surface area contributed by atoms with Crippen LogP contribution in [-0.4, -0.2) is 18.5 Å². The molecule has 0 radical (unpaired) electrons. The second-order valence-corrected chi connectivity index (χ2v) is 5.29. The van der Waals surface area contributed by atoms with E-state index in [-0.39, 0.29) is 11.3 Å². The highest BCUT2D eigenvalue weighted by atomic mass is 16.2. The molecule has 2 aliphatic carbocycles. The first-order valence-corrected chi connectivity index (χ1v) is 6.19. The van der Waals surface area contributed by atoms with Crippen LogP contribution in [0.1, 0.15) is 45.4 Å². The van der Waals surface area contributed by atoms with Crippen LogP contribution in [0.4, 0.5) is 0 Å². The molecule has 0 bridgehead atoms. The molecule has 0 aromatic rings. The van der Waals surface area contributed by atoms with E-state index in [1.54, 1.807) is 0 Å². The maximum absolute atomic E-state index is 12.1. The number of nitrogens with one attached hydrogen (secondary N) is 1. The van der Waals surface area contributed by atoms with Crippen LogP contribution in [-0.2, 0) is 4.79 Å². The van der Waals surface area contributed by atoms with E-state index in [4.69, 9.17) is 5.73 Å². The number of carbonyl (C=O) groups is 1. The highest BCUT2D eigenvalue weighted by Gasteiger charge is 2.41. The average molecular weight is 210 g/mol. The number of rotatable bonds is 4. The molecule has 1 unspecified atom stereocenters. The van der Waals surface area contributed by atoms with Gasteiger partial charge in [-0.2, -0.15) is 0 Å². The van der Waals surface area contributed by atoms with Crippen LogP contribution in [0.3, 0.4) is 0 Å². The van der Waals surface area contributed by atoms with E-state index < -0.39 is 0 Å². The first-order chi connectivity index (χ1) is 7.18. The van der Waals surface area contributed by atoms with Crippen molar-refractivity contribution < 1.29 is 4.79 Å². The van der Waals surface area contributed by atoms with Crippen molar-refractivity contribution in [3.8, 4) is 0 Å². The molecule has 3 nitrogen and oxygen atoms in total. The van der Waals surface area contributed by atoms with Gasteiger partial charge in [0.15, 0.2) is 0 Å². The maximum Gasteiger partial charge on any atom is 0.227 e. The van der Waals surface area contributed by atoms with Crippen LogP contribution in [0.5, 0.6) is 0 Å². The fourth-order valence-electron chi connectivity index (χ4n) is 2.65. The normalized spacial score (nSPS) is 26.3. The fraction of sp³-hybridized carbons (Fsp3) is 0.917. The van der Waals surface area contributed by atoms with Crippen molar-refractivity contribution in [2.75, 3.05) is 6.54 Å². The molecule has 2 fully saturated rings. The Bertz CT molecular complexity index is 242. The van der Waals surface area contributed by atoms with Crippen LogP contribution < -0.4 is 11.1 Å². The Morgan fingerprint density at radius 3 is 2.53 bits per heavy atom. The summed E-state index contributed by atoms with van der Waals surface area (Å²) in [6.07, 6.45) is 6.82. The number of amides is 1. The van der Waals surface area contributed by atoms with Gasteiger partial charge in [-0.15, -0.1) is 0 Å². The van der Waals surface area contributed by atoms with Gasteiger partial charge in [-0.05, 0) is 38.5 Å². The molecule has 1 atom stereocenters. The minimum absolute atomic E-state index is 0.210. The zero-order valence-electron chi connectivity index (χ0n) is 9.59. The van der Waals surface area contributed by atoms with Gasteiger partial charge in [0.2, 0.25) is 5.91 Å². The fourth-order valence-corrected chi connectivity index (χ4v) is 2.65. The summed E-state index contributed by atoms with van der Waals surface area (Å²) in [5, 5.41) is 3.16. The molecule has 0 aromatic heterocycles. The van der Waals surface area contributed by atoms with Crippen molar-refractivity contribution in [2.24, 2.45) is 17.1 Å². The van der Waals surface area contributed by atoms with Crippen molar-refractivity contribution >= 4 is 5.91 Å². The molecule has 0 heterocycles. The van der Waals surface area contributed by atoms with E-state index in [9.17, 15) is 4.79 Å². The molecule has 3 heteroatoms. The van der Waals surface area contributed by atoms with E-state index in [0.717, 1.165) is 31.6 Å². The number of carbonyl (C=O) groups excluding carboxylic acids is 1. The lowest BCUT2D eigenvalue weighted by molar-refractivity contribution is -0.131. The maximum atomic E-state index is 12.1.